The van der Waals surface area contributed by atoms with E-state index < -0.39 is 0 Å². The van der Waals surface area contributed by atoms with Gasteiger partial charge in [-0.2, -0.15) is 0 Å². The first-order valence-corrected chi connectivity index (χ1v) is 8.66. The van der Waals surface area contributed by atoms with E-state index in [1.54, 1.807) is 36.7 Å². The Hall–Kier alpha value is -2.55. The molecular weight excluding hydrogens is 346 g/mol. The molecule has 1 aromatic carbocycles. The van der Waals surface area contributed by atoms with Gasteiger partial charge in [0.25, 0.3) is 0 Å². The maximum Gasteiger partial charge on any atom is 0.313 e. The van der Waals surface area contributed by atoms with Gasteiger partial charge in [0.05, 0.1) is 12.4 Å². The number of nitrogens with zero attached hydrogens (tertiary/aromatic N) is 3. The van der Waals surface area contributed by atoms with Gasteiger partial charge in [-0.1, -0.05) is 11.8 Å². The van der Waals surface area contributed by atoms with Gasteiger partial charge >= 0.3 is 5.97 Å². The Balaban J connectivity index is 1.61. The molecule has 1 aliphatic heterocycles. The number of hydrogen-bond donors (Lipinski definition) is 0. The molecule has 3 rings (SSSR count). The Morgan fingerprint density at radius 3 is 2.88 bits per heavy atom. The number of carbonyl (C=O) groups is 2. The van der Waals surface area contributed by atoms with Crippen molar-refractivity contribution in [1.82, 2.24) is 14.8 Å². The van der Waals surface area contributed by atoms with Crippen molar-refractivity contribution in [2.45, 2.75) is 18.5 Å². The van der Waals surface area contributed by atoms with Crippen LogP contribution in [-0.2, 0) is 23.0 Å². The highest BCUT2D eigenvalue weighted by molar-refractivity contribution is 7.99. The summed E-state index contributed by atoms with van der Waals surface area (Å²) in [7, 11) is 1.75. The van der Waals surface area contributed by atoms with Gasteiger partial charge in [0, 0.05) is 12.6 Å². The van der Waals surface area contributed by atoms with Crippen molar-refractivity contribution >= 4 is 23.5 Å². The number of Topliss-reactive ketones (excluding diaryl/α,β-unsaturated/α-hetero) is 1. The molecule has 0 saturated carbocycles. The van der Waals surface area contributed by atoms with Gasteiger partial charge < -0.3 is 18.8 Å². The minimum atomic E-state index is -0.356. The number of rotatable bonds is 7. The van der Waals surface area contributed by atoms with Crippen LogP contribution in [0, 0.1) is 0 Å². The maximum absolute atomic E-state index is 12.4. The van der Waals surface area contributed by atoms with Crippen LogP contribution in [0.2, 0.25) is 0 Å². The number of esters is 1. The zero-order chi connectivity index (χ0) is 17.8. The van der Waals surface area contributed by atoms with E-state index in [0.717, 1.165) is 0 Å². The van der Waals surface area contributed by atoms with Crippen molar-refractivity contribution in [1.29, 1.82) is 0 Å². The molecule has 8 nitrogen and oxygen atoms in total. The van der Waals surface area contributed by atoms with E-state index in [-0.39, 0.29) is 30.7 Å². The largest absolute Gasteiger partial charge is 0.466 e. The third-order valence-electron chi connectivity index (χ3n) is 3.56. The van der Waals surface area contributed by atoms with Crippen molar-refractivity contribution in [2.75, 3.05) is 19.2 Å². The van der Waals surface area contributed by atoms with Gasteiger partial charge in [-0.15, -0.1) is 10.2 Å². The van der Waals surface area contributed by atoms with Crippen molar-refractivity contribution in [3.05, 3.63) is 29.6 Å². The van der Waals surface area contributed by atoms with Crippen molar-refractivity contribution in [3.63, 3.8) is 0 Å². The monoisotopic (exact) mass is 363 g/mol. The lowest BCUT2D eigenvalue weighted by Gasteiger charge is -2.04. The lowest BCUT2D eigenvalue weighted by atomic mass is 10.1. The molecule has 9 heteroatoms. The zero-order valence-corrected chi connectivity index (χ0v) is 14.7. The van der Waals surface area contributed by atoms with Gasteiger partial charge in [-0.25, -0.2) is 0 Å². The van der Waals surface area contributed by atoms with Gasteiger partial charge in [0.1, 0.15) is 12.2 Å². The Morgan fingerprint density at radius 2 is 2.08 bits per heavy atom. The molecule has 0 radical (unpaired) electrons. The number of ether oxygens (including phenoxy) is 3. The van der Waals surface area contributed by atoms with Crippen LogP contribution in [0.4, 0.5) is 0 Å². The number of ketones is 1. The summed E-state index contributed by atoms with van der Waals surface area (Å²) in [6.45, 7) is 2.24. The van der Waals surface area contributed by atoms with Crippen LogP contribution in [0.1, 0.15) is 23.1 Å². The summed E-state index contributed by atoms with van der Waals surface area (Å²) >= 11 is 1.26. The molecule has 0 unspecified atom stereocenters. The van der Waals surface area contributed by atoms with Crippen LogP contribution >= 0.6 is 11.8 Å². The number of aromatic nitrogens is 3. The van der Waals surface area contributed by atoms with E-state index in [1.807, 2.05) is 0 Å². The molecule has 132 valence electrons. The number of thioether (sulfide) groups is 1. The Bertz CT molecular complexity index is 805. The zero-order valence-electron chi connectivity index (χ0n) is 13.9. The minimum Gasteiger partial charge on any atom is -0.466 e. The molecule has 25 heavy (non-hydrogen) atoms. The molecule has 0 N–H and O–H groups in total. The molecule has 0 atom stereocenters. The molecule has 0 aliphatic carbocycles. The quantitative estimate of drug-likeness (QED) is 0.416. The van der Waals surface area contributed by atoms with Crippen molar-refractivity contribution in [3.8, 4) is 11.5 Å². The first-order valence-electron chi connectivity index (χ1n) is 7.68. The Labute approximate surface area is 148 Å². The van der Waals surface area contributed by atoms with Gasteiger partial charge in [-0.05, 0) is 25.1 Å². The van der Waals surface area contributed by atoms with Gasteiger partial charge in [-0.3, -0.25) is 9.59 Å². The van der Waals surface area contributed by atoms with E-state index in [4.69, 9.17) is 14.2 Å². The van der Waals surface area contributed by atoms with Crippen LogP contribution in [-0.4, -0.2) is 45.7 Å². The second kappa shape index (κ2) is 7.56. The fourth-order valence-electron chi connectivity index (χ4n) is 2.25. The maximum atomic E-state index is 12.4. The summed E-state index contributed by atoms with van der Waals surface area (Å²) in [5.41, 5.74) is 0.547. The van der Waals surface area contributed by atoms with Crippen LogP contribution < -0.4 is 9.47 Å². The summed E-state index contributed by atoms with van der Waals surface area (Å²) in [6.07, 6.45) is 0.0496. The number of fused-ring (bicyclic) bond motifs is 1. The molecule has 1 aliphatic rings. The van der Waals surface area contributed by atoms with E-state index in [0.29, 0.717) is 34.7 Å². The first-order chi connectivity index (χ1) is 12.1. The smallest absolute Gasteiger partial charge is 0.313 e. The van der Waals surface area contributed by atoms with Crippen LogP contribution in [0.5, 0.6) is 11.5 Å². The highest BCUT2D eigenvalue weighted by Gasteiger charge is 2.18. The molecule has 0 bridgehead atoms. The normalized spacial score (nSPS) is 12.2. The fourth-order valence-corrected chi connectivity index (χ4v) is 3.07. The summed E-state index contributed by atoms with van der Waals surface area (Å²) in [4.78, 5) is 23.9. The molecule has 2 heterocycles. The lowest BCUT2D eigenvalue weighted by molar-refractivity contribution is -0.142. The number of carbonyl (C=O) groups excluding carboxylic acids is 2. The SMILES string of the molecule is CCOC(=O)Cc1nnc(SCC(=O)c2ccc3c(c2)OCO3)n1C. The van der Waals surface area contributed by atoms with Gasteiger partial charge in [0.2, 0.25) is 6.79 Å². The average Bonchev–Trinajstić information content (AvgIpc) is 3.20. The third kappa shape index (κ3) is 3.93. The Kier molecular flexibility index (Phi) is 5.22. The predicted octanol–water partition coefficient (Wildman–Crippen LogP) is 1.62. The highest BCUT2D eigenvalue weighted by atomic mass is 32.2. The summed E-state index contributed by atoms with van der Waals surface area (Å²) in [5.74, 6) is 1.50. The standard InChI is InChI=1S/C16H17N3O5S/c1-3-22-15(21)7-14-17-18-16(19(14)2)25-8-11(20)10-4-5-12-13(6-10)24-9-23-12/h4-6H,3,7-9H2,1-2H3. The molecular formula is C16H17N3O5S. The summed E-state index contributed by atoms with van der Waals surface area (Å²) in [5, 5.41) is 8.57. The van der Waals surface area contributed by atoms with E-state index in [1.165, 1.54) is 11.8 Å². The first kappa shape index (κ1) is 17.3. The highest BCUT2D eigenvalue weighted by Crippen LogP contribution is 2.33. The van der Waals surface area contributed by atoms with Gasteiger partial charge in [0.15, 0.2) is 22.4 Å². The molecule has 0 saturated heterocycles. The average molecular weight is 363 g/mol. The number of hydrogen-bond acceptors (Lipinski definition) is 8. The third-order valence-corrected chi connectivity index (χ3v) is 4.58. The van der Waals surface area contributed by atoms with Crippen molar-refractivity contribution < 1.29 is 23.8 Å². The summed E-state index contributed by atoms with van der Waals surface area (Å²) < 4.78 is 17.1. The number of benzene rings is 1. The fraction of sp³-hybridized carbons (Fsp3) is 0.375. The predicted molar refractivity (Wildman–Crippen MR) is 89.0 cm³/mol. The topological polar surface area (TPSA) is 92.5 Å². The summed E-state index contributed by atoms with van der Waals surface area (Å²) in [6, 6.07) is 5.10. The van der Waals surface area contributed by atoms with E-state index in [2.05, 4.69) is 10.2 Å². The molecule has 0 amide bonds. The second-order valence-corrected chi connectivity index (χ2v) is 6.16. The van der Waals surface area contributed by atoms with E-state index >= 15 is 0 Å². The molecule has 0 spiro atoms. The van der Waals surface area contributed by atoms with Crippen molar-refractivity contribution in [2.24, 2.45) is 7.05 Å². The van der Waals surface area contributed by atoms with E-state index in [9.17, 15) is 9.59 Å². The molecule has 1 aromatic heterocycles. The molecule has 2 aromatic rings. The van der Waals surface area contributed by atoms with Crippen LogP contribution in [0.15, 0.2) is 23.4 Å². The second-order valence-electron chi connectivity index (χ2n) is 5.22. The van der Waals surface area contributed by atoms with Crippen LogP contribution in [0.3, 0.4) is 0 Å². The van der Waals surface area contributed by atoms with Crippen LogP contribution in [0.25, 0.3) is 0 Å². The Morgan fingerprint density at radius 1 is 1.28 bits per heavy atom. The molecule has 0 fully saturated rings. The minimum absolute atomic E-state index is 0.0496. The lowest BCUT2D eigenvalue weighted by Crippen LogP contribution is -2.11.